The molecule has 126 valence electrons. The van der Waals surface area contributed by atoms with Crippen LogP contribution >= 0.6 is 11.8 Å². The number of aromatic nitrogens is 1. The number of rotatable bonds is 3. The molecule has 1 amide bonds. The maximum Gasteiger partial charge on any atom is 0.271 e. The van der Waals surface area contributed by atoms with Gasteiger partial charge in [0.05, 0.1) is 16.3 Å². The fourth-order valence-electron chi connectivity index (χ4n) is 2.58. The molecule has 1 saturated heterocycles. The number of carbonyl (C=O) groups is 1. The third-order valence-corrected chi connectivity index (χ3v) is 4.77. The molecule has 2 heterocycles. The number of aliphatic imine (C=N–C) groups is 1. The van der Waals surface area contributed by atoms with Gasteiger partial charge in [-0.25, -0.2) is 4.99 Å². The van der Waals surface area contributed by atoms with E-state index in [0.717, 1.165) is 16.9 Å². The van der Waals surface area contributed by atoms with Crippen LogP contribution in [0.1, 0.15) is 5.56 Å². The molecule has 0 unspecified atom stereocenters. The van der Waals surface area contributed by atoms with Crippen LogP contribution in [0.2, 0.25) is 0 Å². The highest BCUT2D eigenvalue weighted by atomic mass is 32.2. The summed E-state index contributed by atoms with van der Waals surface area (Å²) < 4.78 is 0. The molecule has 0 N–H and O–H groups in total. The lowest BCUT2D eigenvalue weighted by molar-refractivity contribution is -0.113. The average molecular weight is 357 g/mol. The van der Waals surface area contributed by atoms with Crippen LogP contribution in [-0.4, -0.2) is 16.1 Å². The molecule has 26 heavy (non-hydrogen) atoms. The Hall–Kier alpha value is -3.18. The van der Waals surface area contributed by atoms with Gasteiger partial charge in [-0.2, -0.15) is 0 Å². The number of para-hydroxylation sites is 2. The summed E-state index contributed by atoms with van der Waals surface area (Å²) in [4.78, 5) is 24.0. The molecule has 0 radical (unpaired) electrons. The van der Waals surface area contributed by atoms with Crippen molar-refractivity contribution in [2.45, 2.75) is 0 Å². The first-order valence-corrected chi connectivity index (χ1v) is 8.96. The fourth-order valence-corrected chi connectivity index (χ4v) is 3.58. The van der Waals surface area contributed by atoms with E-state index in [-0.39, 0.29) is 5.91 Å². The number of anilines is 1. The summed E-state index contributed by atoms with van der Waals surface area (Å²) in [6.45, 7) is 0. The summed E-state index contributed by atoms with van der Waals surface area (Å²) in [6.07, 6.45) is 5.30. The van der Waals surface area contributed by atoms with Gasteiger partial charge in [0.2, 0.25) is 0 Å². The van der Waals surface area contributed by atoms with Crippen LogP contribution in [0, 0.1) is 0 Å². The zero-order valence-corrected chi connectivity index (χ0v) is 14.6. The number of nitrogens with zero attached hydrogens (tertiary/aromatic N) is 3. The molecule has 5 heteroatoms. The van der Waals surface area contributed by atoms with Crippen molar-refractivity contribution in [3.8, 4) is 0 Å². The Balaban J connectivity index is 1.77. The number of carbonyl (C=O) groups excluding carboxylic acids is 1. The van der Waals surface area contributed by atoms with Crippen molar-refractivity contribution in [1.82, 2.24) is 4.98 Å². The number of hydrogen-bond acceptors (Lipinski definition) is 4. The highest BCUT2D eigenvalue weighted by Gasteiger charge is 2.34. The number of thioether (sulfide) groups is 1. The maximum absolute atomic E-state index is 13.1. The number of amides is 1. The molecule has 0 spiro atoms. The maximum atomic E-state index is 13.1. The van der Waals surface area contributed by atoms with E-state index in [2.05, 4.69) is 9.98 Å². The normalized spacial score (nSPS) is 17.2. The van der Waals surface area contributed by atoms with Gasteiger partial charge in [0.25, 0.3) is 5.91 Å². The van der Waals surface area contributed by atoms with Gasteiger partial charge in [0.1, 0.15) is 0 Å². The SMILES string of the molecule is O=C1C(=Cc2ccncc2)SC(=Nc2ccccc2)N1c1ccccc1. The monoisotopic (exact) mass is 357 g/mol. The van der Waals surface area contributed by atoms with Crippen molar-refractivity contribution in [3.05, 3.63) is 95.7 Å². The van der Waals surface area contributed by atoms with Crippen molar-refractivity contribution in [1.29, 1.82) is 0 Å². The van der Waals surface area contributed by atoms with Crippen LogP contribution < -0.4 is 4.90 Å². The number of benzene rings is 2. The van der Waals surface area contributed by atoms with E-state index >= 15 is 0 Å². The Labute approximate surface area is 155 Å². The summed E-state index contributed by atoms with van der Waals surface area (Å²) in [5, 5.41) is 0.646. The first-order valence-electron chi connectivity index (χ1n) is 8.14. The summed E-state index contributed by atoms with van der Waals surface area (Å²) in [6, 6.07) is 23.0. The highest BCUT2D eigenvalue weighted by Crippen LogP contribution is 2.37. The molecule has 3 aromatic rings. The molecule has 1 aliphatic rings. The third kappa shape index (κ3) is 3.43. The summed E-state index contributed by atoms with van der Waals surface area (Å²) in [5.74, 6) is -0.0762. The van der Waals surface area contributed by atoms with E-state index in [1.807, 2.05) is 78.9 Å². The van der Waals surface area contributed by atoms with Gasteiger partial charge in [-0.1, -0.05) is 36.4 Å². The Morgan fingerprint density at radius 2 is 1.54 bits per heavy atom. The minimum Gasteiger partial charge on any atom is -0.268 e. The zero-order chi connectivity index (χ0) is 17.8. The molecular formula is C21H15N3OS. The van der Waals surface area contributed by atoms with Crippen molar-refractivity contribution in [2.24, 2.45) is 4.99 Å². The molecule has 0 atom stereocenters. The predicted molar refractivity (Wildman–Crippen MR) is 107 cm³/mol. The van der Waals surface area contributed by atoms with Crippen LogP contribution in [-0.2, 0) is 4.79 Å². The van der Waals surface area contributed by atoms with Crippen molar-refractivity contribution < 1.29 is 4.79 Å². The molecule has 0 bridgehead atoms. The highest BCUT2D eigenvalue weighted by molar-refractivity contribution is 8.19. The standard InChI is InChI=1S/C21H15N3OS/c25-20-19(15-16-11-13-22-14-12-16)26-21(23-17-7-3-1-4-8-17)24(20)18-9-5-2-6-10-18/h1-15H. The van der Waals surface area contributed by atoms with E-state index in [9.17, 15) is 4.79 Å². The summed E-state index contributed by atoms with van der Waals surface area (Å²) in [5.41, 5.74) is 2.55. The number of pyridine rings is 1. The van der Waals surface area contributed by atoms with Gasteiger partial charge >= 0.3 is 0 Å². The molecule has 0 saturated carbocycles. The smallest absolute Gasteiger partial charge is 0.268 e. The molecule has 4 rings (SSSR count). The van der Waals surface area contributed by atoms with Crippen molar-refractivity contribution in [2.75, 3.05) is 4.90 Å². The van der Waals surface area contributed by atoms with Crippen molar-refractivity contribution >= 4 is 40.3 Å². The van der Waals surface area contributed by atoms with Crippen LogP contribution in [0.5, 0.6) is 0 Å². The van der Waals surface area contributed by atoms with E-state index in [1.54, 1.807) is 17.3 Å². The van der Waals surface area contributed by atoms with Gasteiger partial charge in [-0.05, 0) is 59.8 Å². The Morgan fingerprint density at radius 1 is 0.885 bits per heavy atom. The molecule has 2 aromatic carbocycles. The van der Waals surface area contributed by atoms with Crippen LogP contribution in [0.3, 0.4) is 0 Å². The molecule has 0 aliphatic carbocycles. The predicted octanol–water partition coefficient (Wildman–Crippen LogP) is 4.89. The minimum atomic E-state index is -0.0762. The lowest BCUT2D eigenvalue weighted by atomic mass is 10.2. The molecule has 1 fully saturated rings. The third-order valence-electron chi connectivity index (χ3n) is 3.81. The van der Waals surface area contributed by atoms with E-state index in [1.165, 1.54) is 11.8 Å². The topological polar surface area (TPSA) is 45.6 Å². The molecule has 1 aromatic heterocycles. The van der Waals surface area contributed by atoms with Crippen molar-refractivity contribution in [3.63, 3.8) is 0 Å². The van der Waals surface area contributed by atoms with Crippen LogP contribution in [0.15, 0.2) is 95.1 Å². The fraction of sp³-hybridized carbons (Fsp3) is 0. The summed E-state index contributed by atoms with van der Waals surface area (Å²) >= 11 is 1.38. The van der Waals surface area contributed by atoms with E-state index in [0.29, 0.717) is 10.1 Å². The van der Waals surface area contributed by atoms with Gasteiger partial charge in [-0.3, -0.25) is 14.7 Å². The summed E-state index contributed by atoms with van der Waals surface area (Å²) in [7, 11) is 0. The van der Waals surface area contributed by atoms with Gasteiger partial charge in [0, 0.05) is 12.4 Å². The largest absolute Gasteiger partial charge is 0.271 e. The lowest BCUT2D eigenvalue weighted by Crippen LogP contribution is -2.28. The quantitative estimate of drug-likeness (QED) is 0.627. The lowest BCUT2D eigenvalue weighted by Gasteiger charge is -2.15. The second-order valence-corrected chi connectivity index (χ2v) is 6.61. The minimum absolute atomic E-state index is 0.0762. The van der Waals surface area contributed by atoms with E-state index in [4.69, 9.17) is 0 Å². The Kier molecular flexibility index (Phi) is 4.62. The zero-order valence-electron chi connectivity index (χ0n) is 13.8. The molecule has 1 aliphatic heterocycles. The molecule has 4 nitrogen and oxygen atoms in total. The van der Waals surface area contributed by atoms with Gasteiger partial charge < -0.3 is 0 Å². The van der Waals surface area contributed by atoms with Crippen LogP contribution in [0.25, 0.3) is 6.08 Å². The Morgan fingerprint density at radius 3 is 2.23 bits per heavy atom. The second kappa shape index (κ2) is 7.37. The Bertz CT molecular complexity index is 970. The first-order chi connectivity index (χ1) is 12.8. The molecular weight excluding hydrogens is 342 g/mol. The van der Waals surface area contributed by atoms with Gasteiger partial charge in [0.15, 0.2) is 5.17 Å². The van der Waals surface area contributed by atoms with E-state index < -0.39 is 0 Å². The number of amidine groups is 1. The van der Waals surface area contributed by atoms with Gasteiger partial charge in [-0.15, -0.1) is 0 Å². The van der Waals surface area contributed by atoms with Crippen LogP contribution in [0.4, 0.5) is 11.4 Å². The number of hydrogen-bond donors (Lipinski definition) is 0. The average Bonchev–Trinajstić information content (AvgIpc) is 2.99. The second-order valence-electron chi connectivity index (χ2n) is 5.60. The first kappa shape index (κ1) is 16.3.